The number of nitrogens with zero attached hydrogens (tertiary/aromatic N) is 1. The SMILES string of the molecule is CCOC(=O)/C=C/c1ccc(NC(=O)CN(C)Cc2ccccc2C(F)(F)F)cc1. The van der Waals surface area contributed by atoms with Gasteiger partial charge >= 0.3 is 12.1 Å². The Hall–Kier alpha value is -3.13. The Balaban J connectivity index is 1.91. The van der Waals surface area contributed by atoms with E-state index in [1.54, 1.807) is 44.3 Å². The minimum atomic E-state index is -4.44. The van der Waals surface area contributed by atoms with Crippen LogP contribution < -0.4 is 5.32 Å². The Bertz CT molecular complexity index is 893. The summed E-state index contributed by atoms with van der Waals surface area (Å²) in [7, 11) is 1.58. The first-order valence-electron chi connectivity index (χ1n) is 9.27. The summed E-state index contributed by atoms with van der Waals surface area (Å²) in [6.07, 6.45) is -1.54. The summed E-state index contributed by atoms with van der Waals surface area (Å²) in [5.41, 5.74) is 0.695. The molecule has 0 aliphatic rings. The Morgan fingerprint density at radius 1 is 1.10 bits per heavy atom. The topological polar surface area (TPSA) is 58.6 Å². The third-order valence-corrected chi connectivity index (χ3v) is 4.07. The largest absolute Gasteiger partial charge is 0.463 e. The number of esters is 1. The normalized spacial score (nSPS) is 11.7. The monoisotopic (exact) mass is 420 g/mol. The molecule has 0 bridgehead atoms. The molecule has 30 heavy (non-hydrogen) atoms. The summed E-state index contributed by atoms with van der Waals surface area (Å²) in [5, 5.41) is 2.70. The maximum absolute atomic E-state index is 13.1. The zero-order valence-electron chi connectivity index (χ0n) is 16.7. The zero-order chi connectivity index (χ0) is 22.1. The van der Waals surface area contributed by atoms with E-state index in [-0.39, 0.29) is 24.6 Å². The number of carbonyl (C=O) groups excluding carboxylic acids is 2. The summed E-state index contributed by atoms with van der Waals surface area (Å²) < 4.78 is 44.1. The predicted octanol–water partition coefficient (Wildman–Crippen LogP) is 4.35. The van der Waals surface area contributed by atoms with Crippen molar-refractivity contribution >= 4 is 23.6 Å². The molecule has 5 nitrogen and oxygen atoms in total. The Morgan fingerprint density at radius 2 is 1.77 bits per heavy atom. The number of nitrogens with one attached hydrogen (secondary N) is 1. The fourth-order valence-corrected chi connectivity index (χ4v) is 2.76. The molecule has 0 aliphatic carbocycles. The van der Waals surface area contributed by atoms with Crippen LogP contribution in [0.2, 0.25) is 0 Å². The third kappa shape index (κ3) is 7.36. The molecule has 0 saturated heterocycles. The number of ether oxygens (including phenoxy) is 1. The van der Waals surface area contributed by atoms with Gasteiger partial charge in [-0.2, -0.15) is 13.2 Å². The van der Waals surface area contributed by atoms with Crippen LogP contribution in [-0.4, -0.2) is 37.0 Å². The number of likely N-dealkylation sites (N-methyl/N-ethyl adjacent to an activating group) is 1. The van der Waals surface area contributed by atoms with Crippen molar-refractivity contribution in [3.8, 4) is 0 Å². The van der Waals surface area contributed by atoms with Gasteiger partial charge in [-0.3, -0.25) is 9.69 Å². The lowest BCUT2D eigenvalue weighted by Crippen LogP contribution is -2.30. The number of hydrogen-bond donors (Lipinski definition) is 1. The molecule has 0 atom stereocenters. The number of carbonyl (C=O) groups is 2. The predicted molar refractivity (Wildman–Crippen MR) is 109 cm³/mol. The number of amides is 1. The van der Waals surface area contributed by atoms with Gasteiger partial charge in [-0.25, -0.2) is 4.79 Å². The lowest BCUT2D eigenvalue weighted by Gasteiger charge is -2.19. The van der Waals surface area contributed by atoms with Crippen LogP contribution in [-0.2, 0) is 27.0 Å². The highest BCUT2D eigenvalue weighted by Crippen LogP contribution is 2.32. The highest BCUT2D eigenvalue weighted by Gasteiger charge is 2.33. The third-order valence-electron chi connectivity index (χ3n) is 4.07. The van der Waals surface area contributed by atoms with Gasteiger partial charge in [0, 0.05) is 18.3 Å². The second-order valence-corrected chi connectivity index (χ2v) is 6.58. The van der Waals surface area contributed by atoms with E-state index >= 15 is 0 Å². The van der Waals surface area contributed by atoms with E-state index in [1.165, 1.54) is 29.2 Å². The Labute approximate surface area is 173 Å². The summed E-state index contributed by atoms with van der Waals surface area (Å²) in [4.78, 5) is 25.0. The van der Waals surface area contributed by atoms with Crippen molar-refractivity contribution in [2.45, 2.75) is 19.6 Å². The van der Waals surface area contributed by atoms with Crippen molar-refractivity contribution in [2.24, 2.45) is 0 Å². The molecule has 160 valence electrons. The molecule has 8 heteroatoms. The molecule has 1 amide bonds. The number of rotatable bonds is 8. The molecule has 2 aromatic rings. The number of benzene rings is 2. The van der Waals surface area contributed by atoms with E-state index in [1.807, 2.05) is 0 Å². The van der Waals surface area contributed by atoms with Crippen molar-refractivity contribution < 1.29 is 27.5 Å². The van der Waals surface area contributed by atoms with Gasteiger partial charge in [-0.1, -0.05) is 30.3 Å². The van der Waals surface area contributed by atoms with Crippen LogP contribution >= 0.6 is 0 Å². The molecule has 0 aliphatic heterocycles. The van der Waals surface area contributed by atoms with E-state index in [2.05, 4.69) is 5.32 Å². The second-order valence-electron chi connectivity index (χ2n) is 6.58. The first-order chi connectivity index (χ1) is 14.2. The lowest BCUT2D eigenvalue weighted by molar-refractivity contribution is -0.138. The highest BCUT2D eigenvalue weighted by atomic mass is 19.4. The minimum absolute atomic E-state index is 0.0132. The quantitative estimate of drug-likeness (QED) is 0.510. The average Bonchev–Trinajstić information content (AvgIpc) is 2.67. The minimum Gasteiger partial charge on any atom is -0.463 e. The summed E-state index contributed by atoms with van der Waals surface area (Å²) in [6.45, 7) is 1.93. The van der Waals surface area contributed by atoms with E-state index in [0.29, 0.717) is 12.3 Å². The van der Waals surface area contributed by atoms with Gasteiger partial charge in [0.25, 0.3) is 0 Å². The van der Waals surface area contributed by atoms with Gasteiger partial charge in [-0.15, -0.1) is 0 Å². The highest BCUT2D eigenvalue weighted by molar-refractivity contribution is 5.92. The van der Waals surface area contributed by atoms with Crippen molar-refractivity contribution in [1.29, 1.82) is 0 Å². The number of anilines is 1. The molecule has 0 fully saturated rings. The molecule has 1 N–H and O–H groups in total. The smallest absolute Gasteiger partial charge is 0.416 e. The van der Waals surface area contributed by atoms with Crippen LogP contribution in [0.25, 0.3) is 6.08 Å². The van der Waals surface area contributed by atoms with Crippen LogP contribution in [0.3, 0.4) is 0 Å². The molecule has 2 aromatic carbocycles. The molecule has 0 aromatic heterocycles. The van der Waals surface area contributed by atoms with Crippen LogP contribution in [0.15, 0.2) is 54.6 Å². The van der Waals surface area contributed by atoms with Crippen molar-refractivity contribution in [3.63, 3.8) is 0 Å². The lowest BCUT2D eigenvalue weighted by atomic mass is 10.1. The van der Waals surface area contributed by atoms with Gasteiger partial charge in [0.05, 0.1) is 18.7 Å². The fourth-order valence-electron chi connectivity index (χ4n) is 2.76. The van der Waals surface area contributed by atoms with Crippen molar-refractivity contribution in [2.75, 3.05) is 25.5 Å². The van der Waals surface area contributed by atoms with Crippen LogP contribution in [0.1, 0.15) is 23.6 Å². The maximum atomic E-state index is 13.1. The molecular weight excluding hydrogens is 397 g/mol. The van der Waals surface area contributed by atoms with Gasteiger partial charge in [0.15, 0.2) is 0 Å². The fraction of sp³-hybridized carbons (Fsp3) is 0.273. The van der Waals surface area contributed by atoms with Crippen molar-refractivity contribution in [3.05, 3.63) is 71.3 Å². The molecule has 0 unspecified atom stereocenters. The molecule has 2 rings (SSSR count). The Kier molecular flexibility index (Phi) is 8.17. The van der Waals surface area contributed by atoms with Crippen molar-refractivity contribution in [1.82, 2.24) is 4.90 Å². The van der Waals surface area contributed by atoms with Gasteiger partial charge in [-0.05, 0) is 49.4 Å². The first-order valence-corrected chi connectivity index (χ1v) is 9.27. The van der Waals surface area contributed by atoms with E-state index in [9.17, 15) is 22.8 Å². The second kappa shape index (κ2) is 10.6. The molecule has 0 heterocycles. The number of hydrogen-bond acceptors (Lipinski definition) is 4. The average molecular weight is 420 g/mol. The zero-order valence-corrected chi connectivity index (χ0v) is 16.7. The van der Waals surface area contributed by atoms with E-state index < -0.39 is 17.7 Å². The van der Waals surface area contributed by atoms with Gasteiger partial charge in [0.1, 0.15) is 0 Å². The molecule has 0 spiro atoms. The summed E-state index contributed by atoms with van der Waals surface area (Å²) >= 11 is 0. The molecule has 0 saturated carbocycles. The summed E-state index contributed by atoms with van der Waals surface area (Å²) in [5.74, 6) is -0.790. The first kappa shape index (κ1) is 23.2. The van der Waals surface area contributed by atoms with Gasteiger partial charge < -0.3 is 10.1 Å². The van der Waals surface area contributed by atoms with Crippen LogP contribution in [0, 0.1) is 0 Å². The number of alkyl halides is 3. The standard InChI is InChI=1S/C22H23F3N2O3/c1-3-30-21(29)13-10-16-8-11-18(12-9-16)26-20(28)15-27(2)14-17-6-4-5-7-19(17)22(23,24)25/h4-13H,3,14-15H2,1-2H3,(H,26,28)/b13-10+. The summed E-state index contributed by atoms with van der Waals surface area (Å²) in [6, 6.07) is 12.1. The van der Waals surface area contributed by atoms with E-state index in [4.69, 9.17) is 4.74 Å². The van der Waals surface area contributed by atoms with Crippen LogP contribution in [0.5, 0.6) is 0 Å². The Morgan fingerprint density at radius 3 is 2.40 bits per heavy atom. The molecular formula is C22H23F3N2O3. The van der Waals surface area contributed by atoms with E-state index in [0.717, 1.165) is 11.6 Å². The number of halogens is 3. The molecule has 0 radical (unpaired) electrons. The maximum Gasteiger partial charge on any atom is 0.416 e. The van der Waals surface area contributed by atoms with Crippen LogP contribution in [0.4, 0.5) is 18.9 Å². The van der Waals surface area contributed by atoms with Gasteiger partial charge in [0.2, 0.25) is 5.91 Å².